The maximum Gasteiger partial charge on any atom is 0.270 e. The Labute approximate surface area is 174 Å². The van der Waals surface area contributed by atoms with Crippen LogP contribution in [0.3, 0.4) is 0 Å². The zero-order chi connectivity index (χ0) is 20.0. The van der Waals surface area contributed by atoms with Crippen LogP contribution in [0.4, 0.5) is 4.39 Å². The Kier molecular flexibility index (Phi) is 4.60. The fourth-order valence-corrected chi connectivity index (χ4v) is 4.98. The first-order valence-corrected chi connectivity index (χ1v) is 10.4. The Morgan fingerprint density at radius 2 is 1.90 bits per heavy atom. The molecule has 1 amide bonds. The molecular weight excluding hydrogens is 389 g/mol. The lowest BCUT2D eigenvalue weighted by Gasteiger charge is -2.54. The summed E-state index contributed by atoms with van der Waals surface area (Å²) in [5, 5.41) is 1.63. The largest absolute Gasteiger partial charge is 0.351 e. The summed E-state index contributed by atoms with van der Waals surface area (Å²) in [4.78, 5) is 20.5. The van der Waals surface area contributed by atoms with Crippen LogP contribution >= 0.6 is 11.6 Å². The number of aromatic amines is 1. The van der Waals surface area contributed by atoms with E-state index in [0.717, 1.165) is 62.0 Å². The average Bonchev–Trinajstić information content (AvgIpc) is 3.10. The molecule has 1 N–H and O–H groups in total. The number of aromatic nitrogens is 1. The van der Waals surface area contributed by atoms with Crippen molar-refractivity contribution in [2.75, 3.05) is 26.2 Å². The van der Waals surface area contributed by atoms with Crippen molar-refractivity contribution in [3.05, 3.63) is 70.6 Å². The van der Waals surface area contributed by atoms with Gasteiger partial charge in [0, 0.05) is 48.6 Å². The topological polar surface area (TPSA) is 39.3 Å². The van der Waals surface area contributed by atoms with Crippen LogP contribution in [0.5, 0.6) is 0 Å². The van der Waals surface area contributed by atoms with E-state index in [9.17, 15) is 9.18 Å². The second kappa shape index (κ2) is 7.15. The molecule has 0 saturated carbocycles. The molecule has 0 aliphatic carbocycles. The van der Waals surface area contributed by atoms with Crippen LogP contribution in [0.1, 0.15) is 28.9 Å². The van der Waals surface area contributed by atoms with Crippen molar-refractivity contribution in [2.24, 2.45) is 5.41 Å². The smallest absolute Gasteiger partial charge is 0.270 e. The number of halogens is 2. The quantitative estimate of drug-likeness (QED) is 0.678. The number of likely N-dealkylation sites (tertiary alicyclic amines) is 2. The average molecular weight is 412 g/mol. The zero-order valence-corrected chi connectivity index (χ0v) is 16.9. The molecule has 5 rings (SSSR count). The molecule has 29 heavy (non-hydrogen) atoms. The van der Waals surface area contributed by atoms with Gasteiger partial charge in [-0.2, -0.15) is 0 Å². The van der Waals surface area contributed by atoms with Crippen LogP contribution in [0.25, 0.3) is 10.9 Å². The van der Waals surface area contributed by atoms with Crippen molar-refractivity contribution >= 4 is 28.4 Å². The van der Waals surface area contributed by atoms with Crippen molar-refractivity contribution in [3.63, 3.8) is 0 Å². The summed E-state index contributed by atoms with van der Waals surface area (Å²) in [5.41, 5.74) is 2.88. The highest BCUT2D eigenvalue weighted by Crippen LogP contribution is 2.41. The predicted molar refractivity (Wildman–Crippen MR) is 113 cm³/mol. The summed E-state index contributed by atoms with van der Waals surface area (Å²) in [6.45, 7) is 4.40. The molecule has 150 valence electrons. The fourth-order valence-electron chi connectivity index (χ4n) is 4.80. The van der Waals surface area contributed by atoms with Gasteiger partial charge in [0.15, 0.2) is 0 Å². The Morgan fingerprint density at radius 3 is 2.66 bits per heavy atom. The third-order valence-corrected chi connectivity index (χ3v) is 6.57. The van der Waals surface area contributed by atoms with Crippen LogP contribution < -0.4 is 0 Å². The van der Waals surface area contributed by atoms with E-state index in [4.69, 9.17) is 11.6 Å². The zero-order valence-electron chi connectivity index (χ0n) is 16.1. The minimum absolute atomic E-state index is 0.0584. The number of carbonyl (C=O) groups is 1. The van der Waals surface area contributed by atoms with Crippen LogP contribution in [-0.4, -0.2) is 46.9 Å². The third kappa shape index (κ3) is 3.65. The van der Waals surface area contributed by atoms with Crippen molar-refractivity contribution in [1.82, 2.24) is 14.8 Å². The van der Waals surface area contributed by atoms with Gasteiger partial charge in [0.05, 0.1) is 0 Å². The number of nitrogens with one attached hydrogen (secondary N) is 1. The molecule has 3 aromatic rings. The van der Waals surface area contributed by atoms with Gasteiger partial charge in [-0.1, -0.05) is 23.7 Å². The standard InChI is InChI=1S/C23H23ClFN3O/c24-18-4-5-20-17(11-18)12-21(26-20)22(29)28-8-6-23(7-9-28)14-27(15-23)13-16-2-1-3-19(25)10-16/h1-5,10-12,26H,6-9,13-15H2. The highest BCUT2D eigenvalue weighted by molar-refractivity contribution is 6.31. The summed E-state index contributed by atoms with van der Waals surface area (Å²) >= 11 is 6.05. The Bertz CT molecular complexity index is 1060. The SMILES string of the molecule is O=C(c1cc2cc(Cl)ccc2[nH]1)N1CCC2(CC1)CN(Cc1cccc(F)c1)C2. The van der Waals surface area contributed by atoms with Crippen LogP contribution in [0.2, 0.25) is 5.02 Å². The number of piperidine rings is 1. The fraction of sp³-hybridized carbons (Fsp3) is 0.348. The minimum atomic E-state index is -0.177. The minimum Gasteiger partial charge on any atom is -0.351 e. The van der Waals surface area contributed by atoms with Crippen LogP contribution in [-0.2, 0) is 6.54 Å². The summed E-state index contributed by atoms with van der Waals surface area (Å²) in [7, 11) is 0. The van der Waals surface area contributed by atoms with Gasteiger partial charge in [0.25, 0.3) is 5.91 Å². The van der Waals surface area contributed by atoms with Gasteiger partial charge in [-0.15, -0.1) is 0 Å². The Balaban J connectivity index is 1.18. The summed E-state index contributed by atoms with van der Waals surface area (Å²) in [6.07, 6.45) is 2.04. The van der Waals surface area contributed by atoms with E-state index in [1.54, 1.807) is 12.1 Å². The van der Waals surface area contributed by atoms with Gasteiger partial charge in [-0.05, 0) is 60.2 Å². The molecule has 3 heterocycles. The molecule has 2 fully saturated rings. The number of rotatable bonds is 3. The van der Waals surface area contributed by atoms with Crippen molar-refractivity contribution in [3.8, 4) is 0 Å². The second-order valence-electron chi connectivity index (χ2n) is 8.48. The number of carbonyl (C=O) groups excluding carboxylic acids is 1. The molecule has 6 heteroatoms. The maximum atomic E-state index is 13.4. The molecule has 0 bridgehead atoms. The normalized spacial score (nSPS) is 18.9. The first-order valence-electron chi connectivity index (χ1n) is 10.0. The number of amides is 1. The van der Waals surface area contributed by atoms with Gasteiger partial charge in [-0.3, -0.25) is 9.69 Å². The molecule has 4 nitrogen and oxygen atoms in total. The Hall–Kier alpha value is -2.37. The highest BCUT2D eigenvalue weighted by Gasteiger charge is 2.45. The van der Waals surface area contributed by atoms with E-state index in [1.165, 1.54) is 6.07 Å². The van der Waals surface area contributed by atoms with Crippen molar-refractivity contribution in [2.45, 2.75) is 19.4 Å². The first-order chi connectivity index (χ1) is 14.0. The third-order valence-electron chi connectivity index (χ3n) is 6.34. The summed E-state index contributed by atoms with van der Waals surface area (Å²) in [6, 6.07) is 14.3. The van der Waals surface area contributed by atoms with Gasteiger partial charge >= 0.3 is 0 Å². The first kappa shape index (κ1) is 18.6. The lowest BCUT2D eigenvalue weighted by atomic mass is 9.72. The van der Waals surface area contributed by atoms with Crippen molar-refractivity contribution in [1.29, 1.82) is 0 Å². The second-order valence-corrected chi connectivity index (χ2v) is 8.92. The molecule has 1 aromatic heterocycles. The van der Waals surface area contributed by atoms with E-state index in [1.807, 2.05) is 35.2 Å². The monoisotopic (exact) mass is 411 g/mol. The molecule has 2 saturated heterocycles. The molecule has 2 aromatic carbocycles. The van der Waals surface area contributed by atoms with Crippen LogP contribution in [0.15, 0.2) is 48.5 Å². The van der Waals surface area contributed by atoms with Gasteiger partial charge in [0.1, 0.15) is 11.5 Å². The summed E-state index contributed by atoms with van der Waals surface area (Å²) < 4.78 is 13.4. The number of hydrogen-bond donors (Lipinski definition) is 1. The molecule has 2 aliphatic rings. The maximum absolute atomic E-state index is 13.4. The van der Waals surface area contributed by atoms with Gasteiger partial charge in [0.2, 0.25) is 0 Å². The molecule has 0 unspecified atom stereocenters. The van der Waals surface area contributed by atoms with Crippen LogP contribution in [0, 0.1) is 11.2 Å². The number of hydrogen-bond acceptors (Lipinski definition) is 2. The Morgan fingerprint density at radius 1 is 1.10 bits per heavy atom. The van der Waals surface area contributed by atoms with Gasteiger partial charge < -0.3 is 9.88 Å². The molecule has 2 aliphatic heterocycles. The molecule has 0 radical (unpaired) electrons. The molecule has 1 spiro atoms. The predicted octanol–water partition coefficient (Wildman–Crippen LogP) is 4.70. The lowest BCUT2D eigenvalue weighted by Crippen LogP contribution is -2.60. The lowest BCUT2D eigenvalue weighted by molar-refractivity contribution is -0.0466. The van der Waals surface area contributed by atoms with Crippen molar-refractivity contribution < 1.29 is 9.18 Å². The van der Waals surface area contributed by atoms with E-state index >= 15 is 0 Å². The van der Waals surface area contributed by atoms with E-state index in [2.05, 4.69) is 9.88 Å². The van der Waals surface area contributed by atoms with E-state index in [-0.39, 0.29) is 11.7 Å². The number of H-pyrrole nitrogens is 1. The van der Waals surface area contributed by atoms with Gasteiger partial charge in [-0.25, -0.2) is 4.39 Å². The number of fused-ring (bicyclic) bond motifs is 1. The number of benzene rings is 2. The molecule has 0 atom stereocenters. The summed E-state index contributed by atoms with van der Waals surface area (Å²) in [5.74, 6) is -0.119. The number of nitrogens with zero attached hydrogens (tertiary/aromatic N) is 2. The van der Waals surface area contributed by atoms with E-state index < -0.39 is 0 Å². The molecular formula is C23H23ClFN3O. The highest BCUT2D eigenvalue weighted by atomic mass is 35.5. The van der Waals surface area contributed by atoms with E-state index in [0.29, 0.717) is 16.1 Å².